The summed E-state index contributed by atoms with van der Waals surface area (Å²) in [6.45, 7) is 0.550. The van der Waals surface area contributed by atoms with E-state index in [-0.39, 0.29) is 18.2 Å². The van der Waals surface area contributed by atoms with Gasteiger partial charge in [-0.1, -0.05) is 18.2 Å². The summed E-state index contributed by atoms with van der Waals surface area (Å²) in [6, 6.07) is 13.2. The Morgan fingerprint density at radius 2 is 1.90 bits per heavy atom. The number of aromatic nitrogens is 1. The number of benzene rings is 2. The van der Waals surface area contributed by atoms with Crippen molar-refractivity contribution in [3.05, 3.63) is 64.8 Å². The topological polar surface area (TPSA) is 82.3 Å². The van der Waals surface area contributed by atoms with Gasteiger partial charge in [-0.3, -0.25) is 9.10 Å². The molecule has 1 aromatic heterocycles. The number of hydrogen-bond acceptors (Lipinski definition) is 3. The zero-order valence-corrected chi connectivity index (χ0v) is 17.6. The van der Waals surface area contributed by atoms with Crippen LogP contribution in [0.3, 0.4) is 0 Å². The third kappa shape index (κ3) is 3.37. The van der Waals surface area contributed by atoms with Crippen LogP contribution in [0.1, 0.15) is 40.0 Å². The monoisotopic (exact) mass is 423 g/mol. The predicted molar refractivity (Wildman–Crippen MR) is 119 cm³/mol. The summed E-state index contributed by atoms with van der Waals surface area (Å²) in [5, 5.41) is 3.89. The van der Waals surface area contributed by atoms with Crippen LogP contribution in [0.4, 0.5) is 5.69 Å². The molecule has 3 aromatic rings. The quantitative estimate of drug-likeness (QED) is 0.661. The smallest absolute Gasteiger partial charge is 0.251 e. The second-order valence-electron chi connectivity index (χ2n) is 8.07. The fraction of sp³-hybridized carbons (Fsp3) is 0.348. The fourth-order valence-corrected chi connectivity index (χ4v) is 6.08. The Hall–Kier alpha value is -2.80. The highest BCUT2D eigenvalue weighted by molar-refractivity contribution is 7.92. The molecule has 0 radical (unpaired) electrons. The lowest BCUT2D eigenvalue weighted by atomic mass is 9.95. The number of hydrogen-bond donors (Lipinski definition) is 2. The maximum atomic E-state index is 12.8. The van der Waals surface area contributed by atoms with Gasteiger partial charge in [0.1, 0.15) is 0 Å². The van der Waals surface area contributed by atoms with Gasteiger partial charge < -0.3 is 10.3 Å². The van der Waals surface area contributed by atoms with Crippen LogP contribution in [0.25, 0.3) is 10.9 Å². The number of nitrogens with one attached hydrogen (secondary N) is 2. The number of amides is 1. The Labute approximate surface area is 176 Å². The minimum atomic E-state index is -3.48. The van der Waals surface area contributed by atoms with Gasteiger partial charge in [0.05, 0.1) is 11.4 Å². The summed E-state index contributed by atoms with van der Waals surface area (Å²) in [5.74, 6) is -0.353. The number of carbonyl (C=O) groups is 1. The normalized spacial score (nSPS) is 15.8. The molecule has 0 saturated heterocycles. The molecule has 0 atom stereocenters. The van der Waals surface area contributed by atoms with Crippen molar-refractivity contribution in [2.45, 2.75) is 32.1 Å². The Kier molecular flexibility index (Phi) is 4.77. The first-order chi connectivity index (χ1) is 14.5. The summed E-state index contributed by atoms with van der Waals surface area (Å²) < 4.78 is 27.0. The summed E-state index contributed by atoms with van der Waals surface area (Å²) in [6.07, 6.45) is 5.19. The van der Waals surface area contributed by atoms with Crippen LogP contribution in [0.5, 0.6) is 0 Å². The number of fused-ring (bicyclic) bond motifs is 4. The highest BCUT2D eigenvalue weighted by atomic mass is 32.2. The van der Waals surface area contributed by atoms with Gasteiger partial charge in [-0.2, -0.15) is 0 Å². The third-order valence-electron chi connectivity index (χ3n) is 6.19. The largest absolute Gasteiger partial charge is 0.358 e. The van der Waals surface area contributed by atoms with E-state index in [9.17, 15) is 13.2 Å². The highest BCUT2D eigenvalue weighted by Crippen LogP contribution is 2.31. The lowest BCUT2D eigenvalue weighted by Gasteiger charge is -2.19. The van der Waals surface area contributed by atoms with E-state index < -0.39 is 10.0 Å². The molecule has 0 bridgehead atoms. The molecular formula is C23H25N3O3S. The van der Waals surface area contributed by atoms with Crippen molar-refractivity contribution in [2.24, 2.45) is 0 Å². The third-order valence-corrected chi connectivity index (χ3v) is 7.96. The Balaban J connectivity index is 1.26. The van der Waals surface area contributed by atoms with Gasteiger partial charge in [-0.05, 0) is 67.5 Å². The molecule has 30 heavy (non-hydrogen) atoms. The van der Waals surface area contributed by atoms with Crippen molar-refractivity contribution in [2.75, 3.05) is 23.1 Å². The summed E-state index contributed by atoms with van der Waals surface area (Å²) in [7, 11) is -3.48. The van der Waals surface area contributed by atoms with Crippen molar-refractivity contribution in [1.29, 1.82) is 0 Å². The van der Waals surface area contributed by atoms with Gasteiger partial charge in [-0.15, -0.1) is 0 Å². The van der Waals surface area contributed by atoms with Crippen LogP contribution in [-0.4, -0.2) is 38.2 Å². The van der Waals surface area contributed by atoms with Gasteiger partial charge in [0.25, 0.3) is 5.91 Å². The van der Waals surface area contributed by atoms with Crippen LogP contribution in [0.2, 0.25) is 0 Å². The Morgan fingerprint density at radius 3 is 2.80 bits per heavy atom. The lowest BCUT2D eigenvalue weighted by Crippen LogP contribution is -2.37. The van der Waals surface area contributed by atoms with E-state index in [2.05, 4.69) is 10.3 Å². The van der Waals surface area contributed by atoms with Crippen LogP contribution in [-0.2, 0) is 29.3 Å². The molecular weight excluding hydrogens is 398 g/mol. The van der Waals surface area contributed by atoms with E-state index >= 15 is 0 Å². The average molecular weight is 424 g/mol. The fourth-order valence-electron chi connectivity index (χ4n) is 4.65. The summed E-state index contributed by atoms with van der Waals surface area (Å²) in [5.41, 5.74) is 6.04. The van der Waals surface area contributed by atoms with E-state index in [0.29, 0.717) is 12.1 Å². The SMILES string of the molecule is O=C(NCCS(=O)(=O)N1CCc2ccccc21)c1ccc2[nH]c3c(c2c1)CCCC3. The molecule has 2 aromatic carbocycles. The maximum absolute atomic E-state index is 12.8. The molecule has 1 aliphatic heterocycles. The van der Waals surface area contributed by atoms with Crippen LogP contribution < -0.4 is 9.62 Å². The number of H-pyrrole nitrogens is 1. The lowest BCUT2D eigenvalue weighted by molar-refractivity contribution is 0.0956. The number of carbonyl (C=O) groups excluding carboxylic acids is 1. The van der Waals surface area contributed by atoms with Gasteiger partial charge >= 0.3 is 0 Å². The number of sulfonamides is 1. The molecule has 7 heteroatoms. The molecule has 5 rings (SSSR count). The molecule has 156 valence electrons. The zero-order chi connectivity index (χ0) is 20.7. The first-order valence-electron chi connectivity index (χ1n) is 10.5. The number of para-hydroxylation sites is 1. The van der Waals surface area contributed by atoms with E-state index in [0.717, 1.165) is 41.4 Å². The number of nitrogens with zero attached hydrogens (tertiary/aromatic N) is 1. The Morgan fingerprint density at radius 1 is 1.07 bits per heavy atom. The van der Waals surface area contributed by atoms with Gasteiger partial charge in [0, 0.05) is 35.2 Å². The van der Waals surface area contributed by atoms with Crippen molar-refractivity contribution >= 4 is 32.5 Å². The highest BCUT2D eigenvalue weighted by Gasteiger charge is 2.28. The first kappa shape index (κ1) is 19.2. The Bertz CT molecular complexity index is 1230. The number of rotatable bonds is 5. The second-order valence-corrected chi connectivity index (χ2v) is 10.1. The van der Waals surface area contributed by atoms with Crippen LogP contribution in [0, 0.1) is 0 Å². The van der Waals surface area contributed by atoms with Crippen molar-refractivity contribution in [1.82, 2.24) is 10.3 Å². The van der Waals surface area contributed by atoms with Crippen LogP contribution in [0.15, 0.2) is 42.5 Å². The molecule has 6 nitrogen and oxygen atoms in total. The van der Waals surface area contributed by atoms with Crippen LogP contribution >= 0.6 is 0 Å². The van der Waals surface area contributed by atoms with Crippen molar-refractivity contribution in [3.8, 4) is 0 Å². The summed E-state index contributed by atoms with van der Waals surface area (Å²) in [4.78, 5) is 16.1. The predicted octanol–water partition coefficient (Wildman–Crippen LogP) is 3.17. The second kappa shape index (κ2) is 7.47. The van der Waals surface area contributed by atoms with Crippen molar-refractivity contribution in [3.63, 3.8) is 0 Å². The molecule has 1 amide bonds. The molecule has 1 aliphatic carbocycles. The minimum absolute atomic E-state index is 0.0864. The molecule has 0 saturated carbocycles. The van der Waals surface area contributed by atoms with Gasteiger partial charge in [-0.25, -0.2) is 8.42 Å². The number of anilines is 1. The van der Waals surface area contributed by atoms with Crippen molar-refractivity contribution < 1.29 is 13.2 Å². The van der Waals surface area contributed by atoms with E-state index in [1.54, 1.807) is 6.07 Å². The molecule has 2 heterocycles. The van der Waals surface area contributed by atoms with E-state index in [1.165, 1.54) is 28.4 Å². The zero-order valence-electron chi connectivity index (χ0n) is 16.8. The molecule has 0 unspecified atom stereocenters. The number of aromatic amines is 1. The minimum Gasteiger partial charge on any atom is -0.358 e. The first-order valence-corrected chi connectivity index (χ1v) is 12.1. The standard InChI is InChI=1S/C23H25N3O3S/c27-23(17-9-10-21-19(15-17)18-6-2-3-7-20(18)25-21)24-12-14-30(28,29)26-13-11-16-5-1-4-8-22(16)26/h1,4-5,8-10,15,25H,2-3,6-7,11-14H2,(H,24,27). The molecule has 0 spiro atoms. The van der Waals surface area contributed by atoms with E-state index in [4.69, 9.17) is 0 Å². The van der Waals surface area contributed by atoms with E-state index in [1.807, 2.05) is 36.4 Å². The average Bonchev–Trinajstić information content (AvgIpc) is 3.35. The number of aryl methyl sites for hydroxylation is 2. The van der Waals surface area contributed by atoms with Gasteiger partial charge in [0.2, 0.25) is 10.0 Å². The maximum Gasteiger partial charge on any atom is 0.251 e. The molecule has 2 aliphatic rings. The molecule has 0 fully saturated rings. The summed E-state index contributed by atoms with van der Waals surface area (Å²) >= 11 is 0. The molecule has 2 N–H and O–H groups in total. The van der Waals surface area contributed by atoms with Gasteiger partial charge in [0.15, 0.2) is 0 Å².